The molecule has 1 N–H and O–H groups in total. The molecule has 140 valence electrons. The molecule has 1 aliphatic rings. The molecule has 5 nitrogen and oxygen atoms in total. The number of anilines is 1. The molecule has 1 amide bonds. The first kappa shape index (κ1) is 17.9. The summed E-state index contributed by atoms with van der Waals surface area (Å²) in [6.45, 7) is 6.55. The molecule has 0 bridgehead atoms. The molecule has 1 aromatic carbocycles. The molecule has 2 aromatic heterocycles. The highest BCUT2D eigenvalue weighted by Crippen LogP contribution is 2.33. The Kier molecular flexibility index (Phi) is 5.07. The first-order valence-corrected chi connectivity index (χ1v) is 10.2. The summed E-state index contributed by atoms with van der Waals surface area (Å²) in [5, 5.41) is 4.12. The number of hydrogen-bond donors (Lipinski definition) is 1. The third-order valence-electron chi connectivity index (χ3n) is 5.14. The monoisotopic (exact) mass is 380 g/mol. The van der Waals surface area contributed by atoms with Crippen LogP contribution < -0.4 is 10.2 Å². The van der Waals surface area contributed by atoms with Crippen LogP contribution in [0.25, 0.3) is 10.2 Å². The normalized spacial score (nSPS) is 15.3. The van der Waals surface area contributed by atoms with Gasteiger partial charge < -0.3 is 10.2 Å². The number of fused-ring (bicyclic) bond motifs is 1. The molecule has 4 rings (SSSR count). The molecule has 0 saturated carbocycles. The van der Waals surface area contributed by atoms with Crippen LogP contribution in [0.15, 0.2) is 36.7 Å². The third-order valence-corrected chi connectivity index (χ3v) is 6.21. The average Bonchev–Trinajstić information content (AvgIpc) is 3.11. The summed E-state index contributed by atoms with van der Waals surface area (Å²) in [6, 6.07) is 8.26. The van der Waals surface area contributed by atoms with Crippen molar-refractivity contribution in [3.63, 3.8) is 0 Å². The molecule has 1 aliphatic heterocycles. The number of aryl methyl sites for hydroxylation is 2. The number of rotatable bonds is 4. The van der Waals surface area contributed by atoms with E-state index in [1.54, 1.807) is 23.7 Å². The van der Waals surface area contributed by atoms with E-state index in [-0.39, 0.29) is 11.8 Å². The summed E-state index contributed by atoms with van der Waals surface area (Å²) in [5.74, 6) is 0.227. The number of piperidine rings is 1. The second-order valence-corrected chi connectivity index (χ2v) is 8.27. The Balaban J connectivity index is 1.36. The minimum Gasteiger partial charge on any atom is -0.352 e. The fourth-order valence-electron chi connectivity index (χ4n) is 3.66. The first-order chi connectivity index (χ1) is 13.1. The summed E-state index contributed by atoms with van der Waals surface area (Å²) >= 11 is 1.76. The lowest BCUT2D eigenvalue weighted by Crippen LogP contribution is -2.40. The summed E-state index contributed by atoms with van der Waals surface area (Å²) in [5.41, 5.74) is 4.65. The van der Waals surface area contributed by atoms with Gasteiger partial charge in [-0.15, -0.1) is 0 Å². The van der Waals surface area contributed by atoms with E-state index in [0.29, 0.717) is 6.54 Å². The quantitative estimate of drug-likeness (QED) is 0.747. The molecular weight excluding hydrogens is 356 g/mol. The third kappa shape index (κ3) is 3.95. The van der Waals surface area contributed by atoms with Gasteiger partial charge in [-0.2, -0.15) is 0 Å². The van der Waals surface area contributed by atoms with E-state index < -0.39 is 0 Å². The zero-order valence-electron chi connectivity index (χ0n) is 15.7. The van der Waals surface area contributed by atoms with Gasteiger partial charge in [0.15, 0.2) is 5.13 Å². The van der Waals surface area contributed by atoms with Gasteiger partial charge >= 0.3 is 0 Å². The Morgan fingerprint density at radius 1 is 1.30 bits per heavy atom. The van der Waals surface area contributed by atoms with Crippen molar-refractivity contribution in [3.8, 4) is 0 Å². The Labute approximate surface area is 163 Å². The summed E-state index contributed by atoms with van der Waals surface area (Å²) in [6.07, 6.45) is 5.27. The van der Waals surface area contributed by atoms with Gasteiger partial charge in [-0.3, -0.25) is 9.78 Å². The van der Waals surface area contributed by atoms with E-state index in [9.17, 15) is 4.79 Å². The number of nitrogens with zero attached hydrogens (tertiary/aromatic N) is 3. The number of pyridine rings is 1. The zero-order valence-corrected chi connectivity index (χ0v) is 16.6. The van der Waals surface area contributed by atoms with Crippen LogP contribution in [-0.4, -0.2) is 29.0 Å². The van der Waals surface area contributed by atoms with Crippen LogP contribution in [0.1, 0.15) is 29.5 Å². The van der Waals surface area contributed by atoms with Gasteiger partial charge in [-0.25, -0.2) is 4.98 Å². The van der Waals surface area contributed by atoms with E-state index in [1.165, 1.54) is 15.8 Å². The Bertz CT molecular complexity index is 945. The number of hydrogen-bond acceptors (Lipinski definition) is 5. The average molecular weight is 381 g/mol. The molecule has 0 atom stereocenters. The van der Waals surface area contributed by atoms with Crippen molar-refractivity contribution in [2.24, 2.45) is 5.92 Å². The smallest absolute Gasteiger partial charge is 0.223 e. The van der Waals surface area contributed by atoms with E-state index in [2.05, 4.69) is 41.2 Å². The van der Waals surface area contributed by atoms with E-state index in [0.717, 1.165) is 42.1 Å². The lowest BCUT2D eigenvalue weighted by atomic mass is 9.96. The van der Waals surface area contributed by atoms with Crippen molar-refractivity contribution in [2.75, 3.05) is 18.0 Å². The van der Waals surface area contributed by atoms with E-state index in [4.69, 9.17) is 4.98 Å². The molecule has 1 saturated heterocycles. The van der Waals surface area contributed by atoms with Crippen molar-refractivity contribution in [1.82, 2.24) is 15.3 Å². The molecule has 6 heteroatoms. The molecular formula is C21H24N4OS. The van der Waals surface area contributed by atoms with Crippen LogP contribution in [0.3, 0.4) is 0 Å². The fraction of sp³-hybridized carbons (Fsp3) is 0.381. The number of benzene rings is 1. The van der Waals surface area contributed by atoms with Crippen molar-refractivity contribution < 1.29 is 4.79 Å². The highest BCUT2D eigenvalue weighted by Gasteiger charge is 2.26. The van der Waals surface area contributed by atoms with Crippen molar-refractivity contribution >= 4 is 32.6 Å². The van der Waals surface area contributed by atoms with Gasteiger partial charge in [-0.05, 0) is 55.5 Å². The van der Waals surface area contributed by atoms with E-state index in [1.807, 2.05) is 12.1 Å². The van der Waals surface area contributed by atoms with Gasteiger partial charge in [0, 0.05) is 37.9 Å². The molecule has 0 unspecified atom stereocenters. The number of carbonyl (C=O) groups is 1. The summed E-state index contributed by atoms with van der Waals surface area (Å²) in [7, 11) is 0. The largest absolute Gasteiger partial charge is 0.352 e. The SMILES string of the molecule is Cc1cc(C)c2nc(N3CCC(C(=O)NCc4cccnc4)CC3)sc2c1. The van der Waals surface area contributed by atoms with Crippen LogP contribution >= 0.6 is 11.3 Å². The second-order valence-electron chi connectivity index (χ2n) is 7.27. The highest BCUT2D eigenvalue weighted by molar-refractivity contribution is 7.22. The maximum atomic E-state index is 12.5. The van der Waals surface area contributed by atoms with Gasteiger partial charge in [0.2, 0.25) is 5.91 Å². The lowest BCUT2D eigenvalue weighted by Gasteiger charge is -2.31. The second kappa shape index (κ2) is 7.64. The van der Waals surface area contributed by atoms with Gasteiger partial charge in [0.1, 0.15) is 0 Å². The lowest BCUT2D eigenvalue weighted by molar-refractivity contribution is -0.125. The number of carbonyl (C=O) groups excluding carboxylic acids is 1. The standard InChI is InChI=1S/C21H24N4OS/c1-14-10-15(2)19-18(11-14)27-21(24-19)25-8-5-17(6-9-25)20(26)23-13-16-4-3-7-22-12-16/h3-4,7,10-12,17H,5-6,8-9,13H2,1-2H3,(H,23,26). The zero-order chi connectivity index (χ0) is 18.8. The van der Waals surface area contributed by atoms with Crippen LogP contribution in [0, 0.1) is 19.8 Å². The highest BCUT2D eigenvalue weighted by atomic mass is 32.1. The Hall–Kier alpha value is -2.47. The topological polar surface area (TPSA) is 58.1 Å². The summed E-state index contributed by atoms with van der Waals surface area (Å²) in [4.78, 5) is 23.7. The van der Waals surface area contributed by atoms with Crippen molar-refractivity contribution in [1.29, 1.82) is 0 Å². The van der Waals surface area contributed by atoms with Crippen molar-refractivity contribution in [3.05, 3.63) is 53.3 Å². The number of aromatic nitrogens is 2. The molecule has 0 spiro atoms. The maximum absolute atomic E-state index is 12.5. The van der Waals surface area contributed by atoms with Gasteiger partial charge in [0.25, 0.3) is 0 Å². The van der Waals surface area contributed by atoms with E-state index >= 15 is 0 Å². The van der Waals surface area contributed by atoms with Gasteiger partial charge in [-0.1, -0.05) is 23.5 Å². The maximum Gasteiger partial charge on any atom is 0.223 e. The molecule has 0 radical (unpaired) electrons. The number of nitrogens with one attached hydrogen (secondary N) is 1. The van der Waals surface area contributed by atoms with Crippen molar-refractivity contribution in [2.45, 2.75) is 33.2 Å². The van der Waals surface area contributed by atoms with Crippen LogP contribution in [0.2, 0.25) is 0 Å². The number of thiazole rings is 1. The first-order valence-electron chi connectivity index (χ1n) is 9.39. The predicted octanol–water partition coefficient (Wildman–Crippen LogP) is 3.84. The molecule has 0 aliphatic carbocycles. The predicted molar refractivity (Wildman–Crippen MR) is 110 cm³/mol. The minimum atomic E-state index is 0.0799. The molecule has 3 heterocycles. The van der Waals surface area contributed by atoms with Crippen LogP contribution in [0.4, 0.5) is 5.13 Å². The van der Waals surface area contributed by atoms with Gasteiger partial charge in [0.05, 0.1) is 10.2 Å². The minimum absolute atomic E-state index is 0.0799. The Morgan fingerprint density at radius 2 is 2.11 bits per heavy atom. The fourth-order valence-corrected chi connectivity index (χ4v) is 4.86. The summed E-state index contributed by atoms with van der Waals surface area (Å²) < 4.78 is 1.25. The molecule has 1 fully saturated rings. The van der Waals surface area contributed by atoms with Crippen LogP contribution in [0.5, 0.6) is 0 Å². The molecule has 3 aromatic rings. The van der Waals surface area contributed by atoms with Crippen LogP contribution in [-0.2, 0) is 11.3 Å². The molecule has 27 heavy (non-hydrogen) atoms. The Morgan fingerprint density at radius 3 is 2.85 bits per heavy atom. The number of amides is 1.